The fourth-order valence-electron chi connectivity index (χ4n) is 2.81. The Hall–Kier alpha value is -3.91. The number of benzene rings is 1. The molecule has 0 amide bonds. The number of hydrogen-bond acceptors (Lipinski definition) is 10. The summed E-state index contributed by atoms with van der Waals surface area (Å²) in [6.45, 7) is 0. The molecule has 1 atom stereocenters. The highest BCUT2D eigenvalue weighted by Gasteiger charge is 2.36. The largest absolute Gasteiger partial charge is 0.573 e. The topological polar surface area (TPSA) is 178 Å². The van der Waals surface area contributed by atoms with Crippen molar-refractivity contribution in [1.29, 1.82) is 10.5 Å². The number of guanidine groups is 1. The number of anilines is 3. The number of nitrogens with two attached hydrogens (primary N) is 2. The maximum atomic E-state index is 12.7. The van der Waals surface area contributed by atoms with Crippen LogP contribution in [0, 0.1) is 22.8 Å². The summed E-state index contributed by atoms with van der Waals surface area (Å²) in [5.41, 5.74) is 11.4. The van der Waals surface area contributed by atoms with Gasteiger partial charge in [-0.15, -0.1) is 13.2 Å². The predicted octanol–water partition coefficient (Wildman–Crippen LogP) is 2.43. The van der Waals surface area contributed by atoms with Crippen LogP contribution in [-0.2, 0) is 0 Å². The van der Waals surface area contributed by atoms with E-state index in [4.69, 9.17) is 16.7 Å². The smallest absolute Gasteiger partial charge is 0.504 e. The first-order chi connectivity index (χ1) is 14.1. The second kappa shape index (κ2) is 7.49. The van der Waals surface area contributed by atoms with Gasteiger partial charge in [-0.2, -0.15) is 10.5 Å². The van der Waals surface area contributed by atoms with Crippen molar-refractivity contribution < 1.29 is 23.0 Å². The third-order valence-corrected chi connectivity index (χ3v) is 4.40. The number of nitrogens with zero attached hydrogens (tertiary/aromatic N) is 4. The van der Waals surface area contributed by atoms with Crippen LogP contribution in [0.1, 0.15) is 22.7 Å². The Morgan fingerprint density at radius 1 is 1.30 bits per heavy atom. The zero-order valence-electron chi connectivity index (χ0n) is 14.5. The van der Waals surface area contributed by atoms with Crippen molar-refractivity contribution in [3.05, 3.63) is 33.3 Å². The van der Waals surface area contributed by atoms with E-state index in [9.17, 15) is 23.5 Å². The molecule has 10 nitrogen and oxygen atoms in total. The van der Waals surface area contributed by atoms with E-state index in [1.54, 1.807) is 12.3 Å². The Morgan fingerprint density at radius 2 is 2.00 bits per heavy atom. The van der Waals surface area contributed by atoms with Gasteiger partial charge in [0, 0.05) is 15.6 Å². The summed E-state index contributed by atoms with van der Waals surface area (Å²) < 4.78 is 42.2. The predicted molar refractivity (Wildman–Crippen MR) is 102 cm³/mol. The highest BCUT2D eigenvalue weighted by Crippen LogP contribution is 2.47. The summed E-state index contributed by atoms with van der Waals surface area (Å²) in [5.74, 6) is -2.11. The number of pyridine rings is 1. The van der Waals surface area contributed by atoms with Crippen LogP contribution in [0.4, 0.5) is 30.5 Å². The zero-order chi connectivity index (χ0) is 22.2. The lowest BCUT2D eigenvalue weighted by molar-refractivity contribution is -0.275. The lowest BCUT2D eigenvalue weighted by Crippen LogP contribution is -2.32. The van der Waals surface area contributed by atoms with E-state index >= 15 is 0 Å². The van der Waals surface area contributed by atoms with Gasteiger partial charge >= 0.3 is 6.36 Å². The molecule has 1 aliphatic heterocycles. The Labute approximate surface area is 174 Å². The number of alkyl halides is 3. The number of nitrogen functional groups attached to an aromatic ring is 2. The maximum Gasteiger partial charge on any atom is 0.573 e. The summed E-state index contributed by atoms with van der Waals surface area (Å²) in [6.07, 6.45) is -3.44. The van der Waals surface area contributed by atoms with Crippen molar-refractivity contribution in [3.8, 4) is 23.8 Å². The second-order valence-corrected chi connectivity index (χ2v) is 6.71. The van der Waals surface area contributed by atoms with Crippen LogP contribution in [0.15, 0.2) is 21.6 Å². The highest BCUT2D eigenvalue weighted by atomic mass is 79.9. The molecular formula is C16H10BrF3N8O2. The second-order valence-electron chi connectivity index (χ2n) is 5.79. The van der Waals surface area contributed by atoms with Gasteiger partial charge in [-0.05, 0) is 12.1 Å². The first-order valence-corrected chi connectivity index (χ1v) is 8.62. The van der Waals surface area contributed by atoms with E-state index in [1.165, 1.54) is 6.07 Å². The number of phenolic OH excluding ortho intramolecular Hbond substituents is 1. The standard InChI is InChI=1S/C16H10BrF3N8O2/c17-5-1-6(12(29)8(2-5)30-16(18,19)20)11-9-10(23)7(3-21)13(24)27-14(9)28-15(26-11)25-4-22/h1-2,11,29H,(H6,23,24,25,26,27,28). The number of halogens is 4. The molecule has 2 heterocycles. The molecule has 1 unspecified atom stereocenters. The van der Waals surface area contributed by atoms with Crippen LogP contribution >= 0.6 is 15.9 Å². The van der Waals surface area contributed by atoms with Gasteiger partial charge < -0.3 is 26.6 Å². The van der Waals surface area contributed by atoms with Gasteiger partial charge in [0.05, 0.1) is 5.69 Å². The number of nitrogens with one attached hydrogen (secondary N) is 2. The molecule has 2 aromatic rings. The number of aromatic nitrogens is 1. The lowest BCUT2D eigenvalue weighted by Gasteiger charge is -2.27. The molecule has 0 radical (unpaired) electrons. The van der Waals surface area contributed by atoms with Crippen molar-refractivity contribution in [2.45, 2.75) is 12.4 Å². The summed E-state index contributed by atoms with van der Waals surface area (Å²) in [6, 6.07) is 2.73. The summed E-state index contributed by atoms with van der Waals surface area (Å²) >= 11 is 3.06. The molecule has 7 N–H and O–H groups in total. The summed E-state index contributed by atoms with van der Waals surface area (Å²) in [7, 11) is 0. The van der Waals surface area contributed by atoms with Crippen LogP contribution in [-0.4, -0.2) is 22.4 Å². The molecular weight excluding hydrogens is 473 g/mol. The molecule has 0 saturated heterocycles. The van der Waals surface area contributed by atoms with Crippen molar-refractivity contribution in [2.24, 2.45) is 4.99 Å². The Kier molecular flexibility index (Phi) is 5.20. The van der Waals surface area contributed by atoms with E-state index in [1.807, 2.05) is 0 Å². The summed E-state index contributed by atoms with van der Waals surface area (Å²) in [4.78, 5) is 8.19. The van der Waals surface area contributed by atoms with Gasteiger partial charge in [0.1, 0.15) is 29.3 Å². The maximum absolute atomic E-state index is 12.7. The highest BCUT2D eigenvalue weighted by molar-refractivity contribution is 9.10. The molecule has 0 fully saturated rings. The minimum Gasteiger partial charge on any atom is -0.504 e. The third kappa shape index (κ3) is 3.81. The molecule has 1 aromatic carbocycles. The number of aromatic hydroxyl groups is 1. The van der Waals surface area contributed by atoms with Crippen molar-refractivity contribution in [3.63, 3.8) is 0 Å². The molecule has 3 rings (SSSR count). The van der Waals surface area contributed by atoms with Gasteiger partial charge in [-0.3, -0.25) is 5.32 Å². The number of fused-ring (bicyclic) bond motifs is 1. The van der Waals surface area contributed by atoms with Crippen molar-refractivity contribution in [1.82, 2.24) is 10.3 Å². The number of aliphatic imine (C=N–C) groups is 1. The molecule has 1 aliphatic rings. The van der Waals surface area contributed by atoms with E-state index < -0.39 is 23.9 Å². The number of ether oxygens (including phenoxy) is 1. The van der Waals surface area contributed by atoms with Gasteiger partial charge in [-0.25, -0.2) is 9.98 Å². The van der Waals surface area contributed by atoms with Gasteiger partial charge in [-0.1, -0.05) is 15.9 Å². The third-order valence-electron chi connectivity index (χ3n) is 3.95. The van der Waals surface area contributed by atoms with Crippen LogP contribution in [0.25, 0.3) is 0 Å². The first kappa shape index (κ1) is 20.8. The van der Waals surface area contributed by atoms with Crippen LogP contribution < -0.4 is 26.8 Å². The number of hydrogen-bond donors (Lipinski definition) is 5. The minimum absolute atomic E-state index is 0.000541. The molecule has 14 heteroatoms. The number of phenols is 1. The molecule has 154 valence electrons. The minimum atomic E-state index is -5.07. The van der Waals surface area contributed by atoms with Crippen molar-refractivity contribution >= 4 is 39.2 Å². The molecule has 0 saturated carbocycles. The van der Waals surface area contributed by atoms with Gasteiger partial charge in [0.25, 0.3) is 0 Å². The van der Waals surface area contributed by atoms with Crippen molar-refractivity contribution in [2.75, 3.05) is 16.8 Å². The average molecular weight is 483 g/mol. The van der Waals surface area contributed by atoms with Gasteiger partial charge in [0.2, 0.25) is 5.96 Å². The van der Waals surface area contributed by atoms with Crippen LogP contribution in [0.3, 0.4) is 0 Å². The number of nitriles is 2. The zero-order valence-corrected chi connectivity index (χ0v) is 16.1. The van der Waals surface area contributed by atoms with E-state index in [2.05, 4.69) is 41.3 Å². The molecule has 1 aromatic heterocycles. The van der Waals surface area contributed by atoms with Crippen LogP contribution in [0.2, 0.25) is 0 Å². The fourth-order valence-corrected chi connectivity index (χ4v) is 3.27. The monoisotopic (exact) mass is 482 g/mol. The van der Waals surface area contributed by atoms with E-state index in [-0.39, 0.29) is 44.4 Å². The SMILES string of the molecule is N#CNC1=NC(c2cc(Br)cc(OC(F)(F)F)c2O)c2c(nc(N)c(C#N)c2N)N1. The van der Waals surface area contributed by atoms with Gasteiger partial charge in [0.15, 0.2) is 17.7 Å². The molecule has 0 aliphatic carbocycles. The molecule has 30 heavy (non-hydrogen) atoms. The quantitative estimate of drug-likeness (QED) is 0.317. The van der Waals surface area contributed by atoms with Crippen LogP contribution in [0.5, 0.6) is 11.5 Å². The first-order valence-electron chi connectivity index (χ1n) is 7.82. The summed E-state index contributed by atoms with van der Waals surface area (Å²) in [5, 5.41) is 33.5. The Bertz CT molecular complexity index is 1150. The molecule has 0 spiro atoms. The molecule has 0 bridgehead atoms. The Morgan fingerprint density at radius 3 is 2.60 bits per heavy atom. The fraction of sp³-hybridized carbons (Fsp3) is 0.125. The normalized spacial score (nSPS) is 15.1. The lowest BCUT2D eigenvalue weighted by atomic mass is 9.94. The Balaban J connectivity index is 2.28. The average Bonchev–Trinajstić information content (AvgIpc) is 2.63. The number of rotatable bonds is 2. The van der Waals surface area contributed by atoms with E-state index in [0.717, 1.165) is 6.07 Å². The van der Waals surface area contributed by atoms with E-state index in [0.29, 0.717) is 0 Å².